The molecule has 0 unspecified atom stereocenters. The van der Waals surface area contributed by atoms with Crippen LogP contribution in [0.5, 0.6) is 5.75 Å². The molecule has 1 amide bonds. The lowest BCUT2D eigenvalue weighted by atomic mass is 10.1. The van der Waals surface area contributed by atoms with Crippen molar-refractivity contribution in [1.29, 1.82) is 0 Å². The van der Waals surface area contributed by atoms with Crippen LogP contribution in [0, 0.1) is 10.1 Å². The summed E-state index contributed by atoms with van der Waals surface area (Å²) in [5.74, 6) is -0.641. The van der Waals surface area contributed by atoms with Crippen LogP contribution in [0.1, 0.15) is 32.1 Å². The summed E-state index contributed by atoms with van der Waals surface area (Å²) in [6.07, 6.45) is 3.92. The van der Waals surface area contributed by atoms with Crippen LogP contribution in [-0.2, 0) is 14.3 Å². The second-order valence-corrected chi connectivity index (χ2v) is 6.38. The van der Waals surface area contributed by atoms with Crippen LogP contribution in [0.4, 0.5) is 11.4 Å². The Hall–Kier alpha value is -2.68. The molecular formula is C18H25N3O6. The monoisotopic (exact) mass is 379 g/mol. The van der Waals surface area contributed by atoms with E-state index < -0.39 is 22.8 Å². The predicted molar refractivity (Wildman–Crippen MR) is 98.7 cm³/mol. The van der Waals surface area contributed by atoms with Gasteiger partial charge in [-0.05, 0) is 38.1 Å². The van der Waals surface area contributed by atoms with Crippen molar-refractivity contribution in [2.75, 3.05) is 32.6 Å². The fourth-order valence-electron chi connectivity index (χ4n) is 3.15. The number of nitro benzene ring substituents is 1. The molecule has 2 rings (SSSR count). The SMILES string of the molecule is COC(=O)C[C@H](C(=O)Nc1ccc(OC)cc1[N+](=O)[O-])N1CCCCCC1. The first-order chi connectivity index (χ1) is 13.0. The van der Waals surface area contributed by atoms with Crippen molar-refractivity contribution >= 4 is 23.3 Å². The largest absolute Gasteiger partial charge is 0.496 e. The molecule has 0 aromatic heterocycles. The molecule has 9 nitrogen and oxygen atoms in total. The Bertz CT molecular complexity index is 686. The van der Waals surface area contributed by atoms with E-state index in [0.717, 1.165) is 25.7 Å². The number of carbonyl (C=O) groups is 2. The van der Waals surface area contributed by atoms with Crippen molar-refractivity contribution < 1.29 is 24.0 Å². The molecule has 1 heterocycles. The van der Waals surface area contributed by atoms with E-state index in [1.165, 1.54) is 32.4 Å². The molecular weight excluding hydrogens is 354 g/mol. The van der Waals surface area contributed by atoms with Crippen molar-refractivity contribution in [2.45, 2.75) is 38.1 Å². The van der Waals surface area contributed by atoms with E-state index in [4.69, 9.17) is 9.47 Å². The lowest BCUT2D eigenvalue weighted by molar-refractivity contribution is -0.384. The summed E-state index contributed by atoms with van der Waals surface area (Å²) in [5.41, 5.74) is -0.203. The average molecular weight is 379 g/mol. The quantitative estimate of drug-likeness (QED) is 0.440. The number of amides is 1. The van der Waals surface area contributed by atoms with E-state index in [0.29, 0.717) is 18.8 Å². The predicted octanol–water partition coefficient (Wildman–Crippen LogP) is 2.35. The molecule has 1 aliphatic rings. The Morgan fingerprint density at radius 2 is 1.89 bits per heavy atom. The molecule has 0 aliphatic carbocycles. The standard InChI is InChI=1S/C18H25N3O6/c1-26-13-7-8-14(15(11-13)21(24)25)19-18(23)16(12-17(22)27-2)20-9-5-3-4-6-10-20/h7-8,11,16H,3-6,9-10,12H2,1-2H3,(H,19,23)/t16-/m1/s1. The number of nitro groups is 1. The van der Waals surface area contributed by atoms with Gasteiger partial charge in [-0.15, -0.1) is 0 Å². The van der Waals surface area contributed by atoms with E-state index in [2.05, 4.69) is 5.32 Å². The molecule has 9 heteroatoms. The molecule has 27 heavy (non-hydrogen) atoms. The maximum absolute atomic E-state index is 12.9. The summed E-state index contributed by atoms with van der Waals surface area (Å²) in [5, 5.41) is 13.9. The van der Waals surface area contributed by atoms with Gasteiger partial charge in [0, 0.05) is 0 Å². The summed E-state index contributed by atoms with van der Waals surface area (Å²) in [6.45, 7) is 1.39. The van der Waals surface area contributed by atoms with E-state index in [-0.39, 0.29) is 17.8 Å². The highest BCUT2D eigenvalue weighted by Crippen LogP contribution is 2.29. The molecule has 1 aromatic rings. The van der Waals surface area contributed by atoms with Crippen LogP contribution in [0.3, 0.4) is 0 Å². The van der Waals surface area contributed by atoms with E-state index in [1.807, 2.05) is 4.90 Å². The van der Waals surface area contributed by atoms with E-state index in [1.54, 1.807) is 0 Å². The number of methoxy groups -OCH3 is 2. The normalized spacial score (nSPS) is 16.1. The number of anilines is 1. The number of ether oxygens (including phenoxy) is 2. The number of nitrogens with zero attached hydrogens (tertiary/aromatic N) is 2. The molecule has 148 valence electrons. The minimum atomic E-state index is -0.739. The third-order valence-corrected chi connectivity index (χ3v) is 4.63. The lowest BCUT2D eigenvalue weighted by Crippen LogP contribution is -2.46. The number of likely N-dealkylation sites (tertiary alicyclic amines) is 1. The van der Waals surface area contributed by atoms with Gasteiger partial charge in [0.25, 0.3) is 5.69 Å². The minimum absolute atomic E-state index is 0.0653. The zero-order valence-corrected chi connectivity index (χ0v) is 15.6. The highest BCUT2D eigenvalue weighted by Gasteiger charge is 2.30. The van der Waals surface area contributed by atoms with Gasteiger partial charge in [0.2, 0.25) is 5.91 Å². The fourth-order valence-corrected chi connectivity index (χ4v) is 3.15. The smallest absolute Gasteiger partial charge is 0.307 e. The fraction of sp³-hybridized carbons (Fsp3) is 0.556. The summed E-state index contributed by atoms with van der Waals surface area (Å²) in [4.78, 5) is 37.4. The molecule has 1 fully saturated rings. The molecule has 0 saturated carbocycles. The number of carbonyl (C=O) groups excluding carboxylic acids is 2. The van der Waals surface area contributed by atoms with Crippen molar-refractivity contribution in [2.24, 2.45) is 0 Å². The molecule has 0 spiro atoms. The molecule has 1 atom stereocenters. The van der Waals surface area contributed by atoms with Crippen LogP contribution in [-0.4, -0.2) is 55.1 Å². The first-order valence-electron chi connectivity index (χ1n) is 8.90. The average Bonchev–Trinajstić information content (AvgIpc) is 2.95. The van der Waals surface area contributed by atoms with Gasteiger partial charge in [-0.1, -0.05) is 12.8 Å². The zero-order valence-electron chi connectivity index (χ0n) is 15.6. The Morgan fingerprint density at radius 3 is 2.44 bits per heavy atom. The Balaban J connectivity index is 2.24. The zero-order chi connectivity index (χ0) is 19.8. The molecule has 1 saturated heterocycles. The van der Waals surface area contributed by atoms with Gasteiger partial charge in [0.1, 0.15) is 17.5 Å². The Kier molecular flexibility index (Phi) is 7.54. The van der Waals surface area contributed by atoms with E-state index >= 15 is 0 Å². The summed E-state index contributed by atoms with van der Waals surface area (Å²) >= 11 is 0. The maximum Gasteiger partial charge on any atom is 0.307 e. The van der Waals surface area contributed by atoms with Gasteiger partial charge >= 0.3 is 5.97 Å². The summed E-state index contributed by atoms with van der Waals surface area (Å²) < 4.78 is 9.73. The number of rotatable bonds is 7. The van der Waals surface area contributed by atoms with Gasteiger partial charge in [-0.25, -0.2) is 0 Å². The molecule has 0 bridgehead atoms. The minimum Gasteiger partial charge on any atom is -0.496 e. The number of benzene rings is 1. The lowest BCUT2D eigenvalue weighted by Gasteiger charge is -2.28. The third-order valence-electron chi connectivity index (χ3n) is 4.63. The Morgan fingerprint density at radius 1 is 1.22 bits per heavy atom. The molecule has 1 aliphatic heterocycles. The first-order valence-corrected chi connectivity index (χ1v) is 8.90. The van der Waals surface area contributed by atoms with Gasteiger partial charge in [0.05, 0.1) is 31.6 Å². The van der Waals surface area contributed by atoms with Gasteiger partial charge in [-0.3, -0.25) is 24.6 Å². The topological polar surface area (TPSA) is 111 Å². The number of nitrogens with one attached hydrogen (secondary N) is 1. The number of hydrogen-bond donors (Lipinski definition) is 1. The van der Waals surface area contributed by atoms with Crippen molar-refractivity contribution in [3.63, 3.8) is 0 Å². The maximum atomic E-state index is 12.9. The molecule has 0 radical (unpaired) electrons. The number of hydrogen-bond acceptors (Lipinski definition) is 7. The van der Waals surface area contributed by atoms with Crippen molar-refractivity contribution in [3.8, 4) is 5.75 Å². The van der Waals surface area contributed by atoms with Crippen LogP contribution in [0.25, 0.3) is 0 Å². The number of esters is 1. The van der Waals surface area contributed by atoms with Gasteiger partial charge in [0.15, 0.2) is 0 Å². The van der Waals surface area contributed by atoms with Crippen molar-refractivity contribution in [3.05, 3.63) is 28.3 Å². The highest BCUT2D eigenvalue weighted by molar-refractivity contribution is 5.98. The third kappa shape index (κ3) is 5.65. The van der Waals surface area contributed by atoms with Crippen LogP contribution < -0.4 is 10.1 Å². The van der Waals surface area contributed by atoms with Gasteiger partial charge in [-0.2, -0.15) is 0 Å². The molecule has 1 aromatic carbocycles. The summed E-state index contributed by atoms with van der Waals surface area (Å²) in [7, 11) is 2.68. The van der Waals surface area contributed by atoms with E-state index in [9.17, 15) is 19.7 Å². The highest BCUT2D eigenvalue weighted by atomic mass is 16.6. The van der Waals surface area contributed by atoms with Gasteiger partial charge < -0.3 is 14.8 Å². The van der Waals surface area contributed by atoms with Crippen LogP contribution in [0.2, 0.25) is 0 Å². The second-order valence-electron chi connectivity index (χ2n) is 6.38. The Labute approximate surface area is 157 Å². The summed E-state index contributed by atoms with van der Waals surface area (Å²) in [6, 6.07) is 3.46. The molecule has 1 N–H and O–H groups in total. The van der Waals surface area contributed by atoms with Crippen molar-refractivity contribution in [1.82, 2.24) is 4.90 Å². The first kappa shape index (κ1) is 20.6. The second kappa shape index (κ2) is 9.86. The van der Waals surface area contributed by atoms with Crippen LogP contribution in [0.15, 0.2) is 18.2 Å². The van der Waals surface area contributed by atoms with Crippen LogP contribution >= 0.6 is 0 Å².